The largest absolute Gasteiger partial charge is 0.456 e. The predicted molar refractivity (Wildman–Crippen MR) is 111 cm³/mol. The fraction of sp³-hybridized carbons (Fsp3) is 0.318. The number of carbonyl (C=O) groups excluding carboxylic acids is 2. The van der Waals surface area contributed by atoms with Gasteiger partial charge in [0.05, 0.1) is 15.2 Å². The van der Waals surface area contributed by atoms with Gasteiger partial charge in [0.25, 0.3) is 5.91 Å². The van der Waals surface area contributed by atoms with E-state index in [1.165, 1.54) is 0 Å². The molecule has 146 valence electrons. The number of esters is 1. The predicted octanol–water partition coefficient (Wildman–Crippen LogP) is 4.21. The van der Waals surface area contributed by atoms with E-state index in [2.05, 4.69) is 4.98 Å². The minimum Gasteiger partial charge on any atom is -0.456 e. The Labute approximate surface area is 169 Å². The van der Waals surface area contributed by atoms with Gasteiger partial charge >= 0.3 is 5.97 Å². The van der Waals surface area contributed by atoms with Crippen LogP contribution in [0.2, 0.25) is 0 Å². The quantitative estimate of drug-likeness (QED) is 0.508. The molecule has 3 aromatic rings. The summed E-state index contributed by atoms with van der Waals surface area (Å²) in [6, 6.07) is 17.8. The minimum absolute atomic E-state index is 0.175. The van der Waals surface area contributed by atoms with Gasteiger partial charge in [-0.1, -0.05) is 42.5 Å². The molecule has 1 heterocycles. The summed E-state index contributed by atoms with van der Waals surface area (Å²) in [6.07, 6.45) is 1.68. The Kier molecular flexibility index (Phi) is 7.14. The molecule has 3 rings (SSSR count). The molecule has 0 saturated carbocycles. The van der Waals surface area contributed by atoms with E-state index in [1.807, 2.05) is 61.5 Å². The molecule has 1 amide bonds. The summed E-state index contributed by atoms with van der Waals surface area (Å²) in [4.78, 5) is 30.5. The van der Waals surface area contributed by atoms with Crippen molar-refractivity contribution in [2.24, 2.45) is 0 Å². The maximum atomic E-state index is 12.3. The molecule has 0 unspecified atom stereocenters. The standard InChI is InChI=1S/C22H24N2O3S/c1-2-24(15-17-9-4-3-5-10-17)21(25)16-27-22(26)14-8-13-20-23-18-11-6-7-12-19(18)28-20/h3-7,9-12H,2,8,13-16H2,1H3. The van der Waals surface area contributed by atoms with Crippen LogP contribution >= 0.6 is 11.3 Å². The van der Waals surface area contributed by atoms with Crippen molar-refractivity contribution in [1.82, 2.24) is 9.88 Å². The SMILES string of the molecule is CCN(Cc1ccccc1)C(=O)COC(=O)CCCc1nc2ccccc2s1. The van der Waals surface area contributed by atoms with Crippen molar-refractivity contribution < 1.29 is 14.3 Å². The summed E-state index contributed by atoms with van der Waals surface area (Å²) in [7, 11) is 0. The summed E-state index contributed by atoms with van der Waals surface area (Å²) in [6.45, 7) is 2.80. The zero-order valence-electron chi connectivity index (χ0n) is 16.0. The molecule has 0 fully saturated rings. The lowest BCUT2D eigenvalue weighted by Crippen LogP contribution is -2.34. The van der Waals surface area contributed by atoms with E-state index < -0.39 is 0 Å². The van der Waals surface area contributed by atoms with E-state index >= 15 is 0 Å². The Morgan fingerprint density at radius 1 is 1.07 bits per heavy atom. The first-order chi connectivity index (χ1) is 13.7. The van der Waals surface area contributed by atoms with Crippen LogP contribution < -0.4 is 0 Å². The number of thiazole rings is 1. The van der Waals surface area contributed by atoms with Gasteiger partial charge in [0, 0.05) is 19.5 Å². The maximum Gasteiger partial charge on any atom is 0.306 e. The Morgan fingerprint density at radius 3 is 2.57 bits per heavy atom. The van der Waals surface area contributed by atoms with Crippen molar-refractivity contribution in [2.45, 2.75) is 32.7 Å². The highest BCUT2D eigenvalue weighted by atomic mass is 32.1. The number of benzene rings is 2. The van der Waals surface area contributed by atoms with Crippen LogP contribution in [0.5, 0.6) is 0 Å². The van der Waals surface area contributed by atoms with Crippen LogP contribution in [0.1, 0.15) is 30.3 Å². The number of aromatic nitrogens is 1. The fourth-order valence-electron chi connectivity index (χ4n) is 2.90. The zero-order valence-corrected chi connectivity index (χ0v) is 16.8. The third-order valence-electron chi connectivity index (χ3n) is 4.42. The maximum absolute atomic E-state index is 12.3. The summed E-state index contributed by atoms with van der Waals surface area (Å²) < 4.78 is 6.33. The van der Waals surface area contributed by atoms with Crippen LogP contribution in [-0.4, -0.2) is 34.9 Å². The molecule has 1 aromatic heterocycles. The fourth-order valence-corrected chi connectivity index (χ4v) is 3.91. The first-order valence-corrected chi connectivity index (χ1v) is 10.3. The molecule has 28 heavy (non-hydrogen) atoms. The molecule has 0 radical (unpaired) electrons. The van der Waals surface area contributed by atoms with E-state index in [1.54, 1.807) is 16.2 Å². The smallest absolute Gasteiger partial charge is 0.306 e. The molecular formula is C22H24N2O3S. The zero-order chi connectivity index (χ0) is 19.8. The van der Waals surface area contributed by atoms with E-state index in [0.29, 0.717) is 19.5 Å². The van der Waals surface area contributed by atoms with Crippen molar-refractivity contribution in [1.29, 1.82) is 0 Å². The number of hydrogen-bond acceptors (Lipinski definition) is 5. The number of aryl methyl sites for hydroxylation is 1. The van der Waals surface area contributed by atoms with E-state index in [9.17, 15) is 9.59 Å². The van der Waals surface area contributed by atoms with Crippen LogP contribution in [0.4, 0.5) is 0 Å². The molecule has 0 atom stereocenters. The van der Waals surface area contributed by atoms with E-state index in [4.69, 9.17) is 4.74 Å². The number of para-hydroxylation sites is 1. The van der Waals surface area contributed by atoms with Gasteiger partial charge in [0.15, 0.2) is 6.61 Å². The van der Waals surface area contributed by atoms with E-state index in [-0.39, 0.29) is 24.9 Å². The number of carbonyl (C=O) groups is 2. The summed E-state index contributed by atoms with van der Waals surface area (Å²) in [5, 5.41) is 1.02. The molecule has 0 spiro atoms. The van der Waals surface area contributed by atoms with Crippen molar-refractivity contribution in [2.75, 3.05) is 13.2 Å². The van der Waals surface area contributed by atoms with Crippen LogP contribution in [-0.2, 0) is 27.3 Å². The minimum atomic E-state index is -0.342. The third kappa shape index (κ3) is 5.63. The number of hydrogen-bond donors (Lipinski definition) is 0. The monoisotopic (exact) mass is 396 g/mol. The van der Waals surface area contributed by atoms with Crippen LogP contribution in [0.25, 0.3) is 10.2 Å². The molecule has 5 nitrogen and oxygen atoms in total. The second kappa shape index (κ2) is 9.99. The molecule has 0 aliphatic rings. The van der Waals surface area contributed by atoms with Crippen molar-refractivity contribution in [3.05, 3.63) is 65.2 Å². The molecule has 0 saturated heterocycles. The molecular weight excluding hydrogens is 372 g/mol. The van der Waals surface area contributed by atoms with Crippen molar-refractivity contribution in [3.8, 4) is 0 Å². The van der Waals surface area contributed by atoms with Crippen LogP contribution in [0.3, 0.4) is 0 Å². The summed E-state index contributed by atoms with van der Waals surface area (Å²) >= 11 is 1.65. The lowest BCUT2D eigenvalue weighted by Gasteiger charge is -2.20. The molecule has 0 bridgehead atoms. The van der Waals surface area contributed by atoms with Gasteiger partial charge in [-0.3, -0.25) is 9.59 Å². The average Bonchev–Trinajstić information content (AvgIpc) is 3.13. The van der Waals surface area contributed by atoms with Gasteiger partial charge in [-0.2, -0.15) is 0 Å². The number of amides is 1. The number of ether oxygens (including phenoxy) is 1. The van der Waals surface area contributed by atoms with Gasteiger partial charge < -0.3 is 9.64 Å². The van der Waals surface area contributed by atoms with Gasteiger partial charge in [-0.05, 0) is 37.5 Å². The number of fused-ring (bicyclic) bond motifs is 1. The lowest BCUT2D eigenvalue weighted by molar-refractivity contribution is -0.152. The summed E-state index contributed by atoms with van der Waals surface area (Å²) in [5.41, 5.74) is 2.05. The van der Waals surface area contributed by atoms with Gasteiger partial charge in [0.2, 0.25) is 0 Å². The number of nitrogens with zero attached hydrogens (tertiary/aromatic N) is 2. The van der Waals surface area contributed by atoms with Crippen LogP contribution in [0, 0.1) is 0 Å². The molecule has 2 aromatic carbocycles. The topological polar surface area (TPSA) is 59.5 Å². The van der Waals surface area contributed by atoms with Gasteiger partial charge in [-0.15, -0.1) is 11.3 Å². The highest BCUT2D eigenvalue weighted by Crippen LogP contribution is 2.22. The third-order valence-corrected chi connectivity index (χ3v) is 5.51. The molecule has 0 aliphatic carbocycles. The summed E-state index contributed by atoms with van der Waals surface area (Å²) in [5.74, 6) is -0.517. The average molecular weight is 397 g/mol. The molecule has 6 heteroatoms. The second-order valence-corrected chi connectivity index (χ2v) is 7.60. The number of rotatable bonds is 9. The van der Waals surface area contributed by atoms with E-state index in [0.717, 1.165) is 27.2 Å². The number of likely N-dealkylation sites (N-methyl/N-ethyl adjacent to an activating group) is 1. The highest BCUT2D eigenvalue weighted by molar-refractivity contribution is 7.18. The Balaban J connectivity index is 1.39. The van der Waals surface area contributed by atoms with Crippen LogP contribution in [0.15, 0.2) is 54.6 Å². The normalized spacial score (nSPS) is 10.8. The lowest BCUT2D eigenvalue weighted by atomic mass is 10.2. The first-order valence-electron chi connectivity index (χ1n) is 9.47. The van der Waals surface area contributed by atoms with Gasteiger partial charge in [0.1, 0.15) is 0 Å². The van der Waals surface area contributed by atoms with Gasteiger partial charge in [-0.25, -0.2) is 4.98 Å². The second-order valence-electron chi connectivity index (χ2n) is 6.48. The Morgan fingerprint density at radius 2 is 1.82 bits per heavy atom. The molecule has 0 aliphatic heterocycles. The molecule has 0 N–H and O–H groups in total. The Bertz CT molecular complexity index is 891. The highest BCUT2D eigenvalue weighted by Gasteiger charge is 2.15. The van der Waals surface area contributed by atoms with Crippen molar-refractivity contribution >= 4 is 33.4 Å². The first kappa shape index (κ1) is 20.0. The van der Waals surface area contributed by atoms with Crippen molar-refractivity contribution in [3.63, 3.8) is 0 Å². The Hall–Kier alpha value is -2.73.